The molecule has 20 heavy (non-hydrogen) atoms. The summed E-state index contributed by atoms with van der Waals surface area (Å²) in [5.41, 5.74) is 3.93. The zero-order chi connectivity index (χ0) is 14.6. The first kappa shape index (κ1) is 16.4. The molecular formula is C15H24N3OS+. The molecule has 1 rings (SSSR count). The van der Waals surface area contributed by atoms with E-state index in [0.717, 1.165) is 30.9 Å². The molecular weight excluding hydrogens is 270 g/mol. The summed E-state index contributed by atoms with van der Waals surface area (Å²) in [6, 6.07) is 7.95. The third-order valence-corrected chi connectivity index (χ3v) is 2.90. The van der Waals surface area contributed by atoms with E-state index in [2.05, 4.69) is 22.8 Å². The number of hydrogen-bond donors (Lipinski definition) is 3. The van der Waals surface area contributed by atoms with Gasteiger partial charge in [-0.1, -0.05) is 19.8 Å². The Morgan fingerprint density at radius 2 is 2.00 bits per heavy atom. The fourth-order valence-electron chi connectivity index (χ4n) is 1.59. The molecule has 1 aromatic carbocycles. The summed E-state index contributed by atoms with van der Waals surface area (Å²) in [6.45, 7) is 5.77. The topological polar surface area (TPSA) is 47.3 Å². The maximum absolute atomic E-state index is 5.66. The van der Waals surface area contributed by atoms with Gasteiger partial charge in [-0.25, -0.2) is 0 Å². The van der Waals surface area contributed by atoms with Gasteiger partial charge in [0.25, 0.3) is 0 Å². The van der Waals surface area contributed by atoms with Gasteiger partial charge in [-0.05, 0) is 49.8 Å². The van der Waals surface area contributed by atoms with Gasteiger partial charge >= 0.3 is 0 Å². The highest BCUT2D eigenvalue weighted by molar-refractivity contribution is 7.80. The summed E-state index contributed by atoms with van der Waals surface area (Å²) in [6.07, 6.45) is 5.39. The molecule has 4 nitrogen and oxygen atoms in total. The summed E-state index contributed by atoms with van der Waals surface area (Å²) < 4.78 is 5.66. The van der Waals surface area contributed by atoms with Crippen molar-refractivity contribution < 1.29 is 9.84 Å². The predicted molar refractivity (Wildman–Crippen MR) is 87.0 cm³/mol. The van der Waals surface area contributed by atoms with Crippen LogP contribution in [0.3, 0.4) is 0 Å². The van der Waals surface area contributed by atoms with E-state index in [1.807, 2.05) is 37.4 Å². The molecule has 0 saturated carbocycles. The summed E-state index contributed by atoms with van der Waals surface area (Å²) in [7, 11) is 0. The van der Waals surface area contributed by atoms with Gasteiger partial charge in [0, 0.05) is 12.1 Å². The van der Waals surface area contributed by atoms with Crippen molar-refractivity contribution in [2.24, 2.45) is 0 Å². The Morgan fingerprint density at radius 3 is 2.65 bits per heavy atom. The van der Waals surface area contributed by atoms with Crippen LogP contribution in [0.2, 0.25) is 0 Å². The van der Waals surface area contributed by atoms with E-state index < -0.39 is 0 Å². The molecule has 5 heteroatoms. The Balaban J connectivity index is 2.34. The number of hydrogen-bond acceptors (Lipinski definition) is 2. The van der Waals surface area contributed by atoms with Crippen LogP contribution >= 0.6 is 12.2 Å². The van der Waals surface area contributed by atoms with E-state index in [1.165, 1.54) is 12.8 Å². The van der Waals surface area contributed by atoms with Gasteiger partial charge in [-0.15, -0.1) is 10.5 Å². The van der Waals surface area contributed by atoms with Gasteiger partial charge in [0.2, 0.25) is 5.11 Å². The lowest BCUT2D eigenvalue weighted by atomic mass is 10.2. The van der Waals surface area contributed by atoms with Gasteiger partial charge in [-0.3, -0.25) is 0 Å². The van der Waals surface area contributed by atoms with Gasteiger partial charge in [0.15, 0.2) is 6.21 Å². The first-order valence-electron chi connectivity index (χ1n) is 7.11. The van der Waals surface area contributed by atoms with E-state index in [1.54, 1.807) is 0 Å². The van der Waals surface area contributed by atoms with Crippen molar-refractivity contribution >= 4 is 23.5 Å². The minimum Gasteiger partial charge on any atom is -0.494 e. The number of unbranched alkanes of at least 4 members (excludes halogenated alkanes) is 2. The van der Waals surface area contributed by atoms with Crippen molar-refractivity contribution in [3.8, 4) is 5.75 Å². The van der Waals surface area contributed by atoms with E-state index in [-0.39, 0.29) is 0 Å². The molecule has 0 aliphatic carbocycles. The minimum absolute atomic E-state index is 0.583. The highest BCUT2D eigenvalue weighted by Gasteiger charge is 1.97. The number of ether oxygens (including phenoxy) is 1. The zero-order valence-corrected chi connectivity index (χ0v) is 13.1. The zero-order valence-electron chi connectivity index (χ0n) is 12.2. The van der Waals surface area contributed by atoms with E-state index in [4.69, 9.17) is 17.0 Å². The smallest absolute Gasteiger partial charge is 0.223 e. The molecule has 0 saturated heterocycles. The molecule has 1 aromatic rings. The number of rotatable bonds is 8. The molecule has 0 bridgehead atoms. The number of hydrazone groups is 1. The highest BCUT2D eigenvalue weighted by Crippen LogP contribution is 2.11. The van der Waals surface area contributed by atoms with Crippen molar-refractivity contribution in [2.45, 2.75) is 33.1 Å². The van der Waals surface area contributed by atoms with Crippen LogP contribution in [0.25, 0.3) is 0 Å². The number of benzene rings is 1. The van der Waals surface area contributed by atoms with Gasteiger partial charge in [0.05, 0.1) is 6.61 Å². The highest BCUT2D eigenvalue weighted by atomic mass is 32.1. The molecule has 0 unspecified atom stereocenters. The number of hydrazine groups is 1. The van der Waals surface area contributed by atoms with Crippen LogP contribution in [0, 0.1) is 0 Å². The summed E-state index contributed by atoms with van der Waals surface area (Å²) in [4.78, 5) is 0. The number of thiocarbonyl (C=S) groups is 1. The van der Waals surface area contributed by atoms with Crippen LogP contribution in [0.5, 0.6) is 5.75 Å². The molecule has 0 fully saturated rings. The standard InChI is InChI=1S/C15H23N3OS/c1-3-5-6-11-19-14-9-7-13(8-10-14)12-17-18-15(20)16-4-2/h7-10,12H,3-6,11H2,1-2H3,(H2,16,18,20)/p+1. The third-order valence-electron chi connectivity index (χ3n) is 2.66. The van der Waals surface area contributed by atoms with Crippen molar-refractivity contribution in [3.63, 3.8) is 0 Å². The van der Waals surface area contributed by atoms with Crippen LogP contribution in [0.1, 0.15) is 38.7 Å². The van der Waals surface area contributed by atoms with Crippen molar-refractivity contribution in [3.05, 3.63) is 29.8 Å². The van der Waals surface area contributed by atoms with E-state index >= 15 is 0 Å². The Labute approximate surface area is 126 Å². The second-order valence-corrected chi connectivity index (χ2v) is 4.81. The molecule has 0 amide bonds. The molecule has 0 heterocycles. The number of nitrogens with one attached hydrogen (secondary N) is 3. The fourth-order valence-corrected chi connectivity index (χ4v) is 1.80. The lowest BCUT2D eigenvalue weighted by Gasteiger charge is -2.05. The van der Waals surface area contributed by atoms with Gasteiger partial charge in [-0.2, -0.15) is 0 Å². The lowest BCUT2D eigenvalue weighted by molar-refractivity contribution is -0.500. The fraction of sp³-hybridized carbons (Fsp3) is 0.467. The predicted octanol–water partition coefficient (Wildman–Crippen LogP) is 1.15. The second-order valence-electron chi connectivity index (χ2n) is 4.40. The maximum Gasteiger partial charge on any atom is 0.223 e. The van der Waals surface area contributed by atoms with Crippen LogP contribution in [0.4, 0.5) is 0 Å². The monoisotopic (exact) mass is 294 g/mol. The SMILES string of the molecule is CCCCCOc1ccc(C=[NH+]NC(=S)NCC)cc1. The van der Waals surface area contributed by atoms with E-state index in [0.29, 0.717) is 5.11 Å². The van der Waals surface area contributed by atoms with Gasteiger partial charge in [0.1, 0.15) is 5.75 Å². The first-order chi connectivity index (χ1) is 9.76. The molecule has 0 aliphatic heterocycles. The first-order valence-corrected chi connectivity index (χ1v) is 7.52. The molecule has 3 N–H and O–H groups in total. The quantitative estimate of drug-likeness (QED) is 0.291. The maximum atomic E-state index is 5.66. The molecule has 0 aliphatic rings. The Kier molecular flexibility index (Phi) is 8.38. The van der Waals surface area contributed by atoms with Crippen LogP contribution in [-0.2, 0) is 0 Å². The lowest BCUT2D eigenvalue weighted by Crippen LogP contribution is -2.82. The summed E-state index contributed by atoms with van der Waals surface area (Å²) in [5, 5.41) is 6.52. The molecule has 0 radical (unpaired) electrons. The third kappa shape index (κ3) is 7.09. The van der Waals surface area contributed by atoms with Crippen LogP contribution in [-0.4, -0.2) is 24.5 Å². The Bertz CT molecular complexity index is 418. The van der Waals surface area contributed by atoms with Gasteiger partial charge < -0.3 is 10.1 Å². The summed E-state index contributed by atoms with van der Waals surface area (Å²) >= 11 is 5.03. The second kappa shape index (κ2) is 10.2. The Morgan fingerprint density at radius 1 is 1.25 bits per heavy atom. The Hall–Kier alpha value is -1.62. The normalized spacial score (nSPS) is 10.5. The average Bonchev–Trinajstić information content (AvgIpc) is 2.45. The summed E-state index contributed by atoms with van der Waals surface area (Å²) in [5.74, 6) is 0.911. The molecule has 0 aromatic heterocycles. The molecule has 110 valence electrons. The van der Waals surface area contributed by atoms with Crippen LogP contribution < -0.4 is 20.6 Å². The van der Waals surface area contributed by atoms with Crippen LogP contribution in [0.15, 0.2) is 24.3 Å². The minimum atomic E-state index is 0.583. The largest absolute Gasteiger partial charge is 0.494 e. The van der Waals surface area contributed by atoms with E-state index in [9.17, 15) is 0 Å². The van der Waals surface area contributed by atoms with Crippen molar-refractivity contribution in [1.82, 2.24) is 10.7 Å². The van der Waals surface area contributed by atoms with Crippen molar-refractivity contribution in [2.75, 3.05) is 13.2 Å². The molecule has 0 spiro atoms. The van der Waals surface area contributed by atoms with Crippen molar-refractivity contribution in [1.29, 1.82) is 0 Å². The average molecular weight is 294 g/mol. The molecule has 0 atom stereocenters.